The van der Waals surface area contributed by atoms with Gasteiger partial charge in [-0.2, -0.15) is 13.2 Å². The molecule has 1 aromatic carbocycles. The molecule has 154 valence electrons. The zero-order valence-electron chi connectivity index (χ0n) is 16.1. The Hall–Kier alpha value is -2.41. The number of esters is 1. The number of hydrogen-bond acceptors (Lipinski definition) is 4. The Morgan fingerprint density at radius 2 is 2.03 bits per heavy atom. The number of alkyl halides is 3. The smallest absolute Gasteiger partial charge is 0.426 e. The molecule has 1 saturated carbocycles. The second kappa shape index (κ2) is 7.78. The molecule has 0 spiro atoms. The average Bonchev–Trinajstić information content (AvgIpc) is 3.20. The van der Waals surface area contributed by atoms with Crippen molar-refractivity contribution in [3.8, 4) is 11.3 Å². The first-order chi connectivity index (χ1) is 13.5. The van der Waals surface area contributed by atoms with E-state index in [4.69, 9.17) is 16.3 Å². The molecule has 0 saturated heterocycles. The maximum atomic E-state index is 12.7. The molecule has 3 rings (SSSR count). The number of carbonyl (C=O) groups is 1. The summed E-state index contributed by atoms with van der Waals surface area (Å²) in [6.45, 7) is 5.36. The van der Waals surface area contributed by atoms with Crippen LogP contribution in [-0.4, -0.2) is 22.1 Å². The van der Waals surface area contributed by atoms with Crippen molar-refractivity contribution in [2.75, 3.05) is 0 Å². The standard InChI is InChI=1S/C21H20ClF3N2O2/c1-12-13(5-4-6-14(12)16-10-26-7-8-27-16)11-29-19(28)18-15(20(18,2)3)9-17(22)21(23,24)25/h4-10,15,18H,11H2,1-3H3/b17-9+. The van der Waals surface area contributed by atoms with Gasteiger partial charge in [-0.25, -0.2) is 0 Å². The molecule has 1 heterocycles. The van der Waals surface area contributed by atoms with Crippen molar-refractivity contribution >= 4 is 17.6 Å². The van der Waals surface area contributed by atoms with E-state index in [0.717, 1.165) is 22.8 Å². The maximum Gasteiger partial charge on any atom is 0.426 e. The molecule has 0 bridgehead atoms. The van der Waals surface area contributed by atoms with Gasteiger partial charge in [0.15, 0.2) is 0 Å². The molecule has 2 unspecified atom stereocenters. The summed E-state index contributed by atoms with van der Waals surface area (Å²) in [5, 5.41) is -1.21. The van der Waals surface area contributed by atoms with Crippen LogP contribution in [0.4, 0.5) is 13.2 Å². The second-order valence-electron chi connectivity index (χ2n) is 7.63. The maximum absolute atomic E-state index is 12.7. The Kier molecular flexibility index (Phi) is 5.72. The number of rotatable bonds is 5. The lowest BCUT2D eigenvalue weighted by molar-refractivity contribution is -0.147. The Labute approximate surface area is 171 Å². The zero-order chi connectivity index (χ0) is 21.4. The van der Waals surface area contributed by atoms with Crippen LogP contribution in [0, 0.1) is 24.2 Å². The van der Waals surface area contributed by atoms with Gasteiger partial charge in [0.05, 0.1) is 17.8 Å². The first kappa shape index (κ1) is 21.3. The number of hydrogen-bond donors (Lipinski definition) is 0. The summed E-state index contributed by atoms with van der Waals surface area (Å²) in [6.07, 6.45) is 1.11. The second-order valence-corrected chi connectivity index (χ2v) is 8.03. The molecule has 0 aliphatic heterocycles. The van der Waals surface area contributed by atoms with Crippen molar-refractivity contribution < 1.29 is 22.7 Å². The van der Waals surface area contributed by atoms with Crippen molar-refractivity contribution in [1.29, 1.82) is 0 Å². The van der Waals surface area contributed by atoms with Crippen LogP contribution in [0.1, 0.15) is 25.0 Å². The minimum atomic E-state index is -4.62. The molecule has 1 aliphatic carbocycles. The molecule has 0 amide bonds. The van der Waals surface area contributed by atoms with Crippen molar-refractivity contribution in [3.05, 3.63) is 59.0 Å². The van der Waals surface area contributed by atoms with E-state index in [9.17, 15) is 18.0 Å². The van der Waals surface area contributed by atoms with E-state index in [2.05, 4.69) is 9.97 Å². The molecule has 2 aromatic rings. The third-order valence-electron chi connectivity index (χ3n) is 5.42. The van der Waals surface area contributed by atoms with Gasteiger partial charge in [-0.1, -0.05) is 49.7 Å². The van der Waals surface area contributed by atoms with Gasteiger partial charge in [0.2, 0.25) is 0 Å². The van der Waals surface area contributed by atoms with Crippen LogP contribution < -0.4 is 0 Å². The predicted molar refractivity (Wildman–Crippen MR) is 103 cm³/mol. The molecule has 1 aliphatic rings. The van der Waals surface area contributed by atoms with Gasteiger partial charge in [-0.05, 0) is 29.4 Å². The summed E-state index contributed by atoms with van der Waals surface area (Å²) in [5.41, 5.74) is 2.62. The van der Waals surface area contributed by atoms with Crippen LogP contribution in [0.15, 0.2) is 47.9 Å². The molecule has 0 N–H and O–H groups in total. The molecular formula is C21H20ClF3N2O2. The van der Waals surface area contributed by atoms with Crippen molar-refractivity contribution in [2.24, 2.45) is 17.3 Å². The fraction of sp³-hybridized carbons (Fsp3) is 0.381. The van der Waals surface area contributed by atoms with Crippen molar-refractivity contribution in [1.82, 2.24) is 9.97 Å². The van der Waals surface area contributed by atoms with Crippen LogP contribution in [0.3, 0.4) is 0 Å². The van der Waals surface area contributed by atoms with Crippen molar-refractivity contribution in [3.63, 3.8) is 0 Å². The van der Waals surface area contributed by atoms with E-state index in [1.807, 2.05) is 25.1 Å². The van der Waals surface area contributed by atoms with Crippen LogP contribution in [0.25, 0.3) is 11.3 Å². The third kappa shape index (κ3) is 4.45. The predicted octanol–water partition coefficient (Wildman–Crippen LogP) is 5.45. The van der Waals surface area contributed by atoms with Crippen LogP contribution in [0.5, 0.6) is 0 Å². The molecule has 1 fully saturated rings. The highest BCUT2D eigenvalue weighted by atomic mass is 35.5. The van der Waals surface area contributed by atoms with Gasteiger partial charge in [0, 0.05) is 18.0 Å². The fourth-order valence-electron chi connectivity index (χ4n) is 3.49. The number of benzene rings is 1. The van der Waals surface area contributed by atoms with Gasteiger partial charge < -0.3 is 4.74 Å². The number of halogens is 4. The van der Waals surface area contributed by atoms with E-state index in [1.54, 1.807) is 32.4 Å². The SMILES string of the molecule is Cc1c(COC(=O)C2C(/C=C(/Cl)C(F)(F)F)C2(C)C)cccc1-c1cnccn1. The summed E-state index contributed by atoms with van der Waals surface area (Å²) >= 11 is 5.33. The lowest BCUT2D eigenvalue weighted by atomic mass is 10.0. The number of aromatic nitrogens is 2. The summed E-state index contributed by atoms with van der Waals surface area (Å²) in [7, 11) is 0. The van der Waals surface area contributed by atoms with Gasteiger partial charge in [0.25, 0.3) is 0 Å². The first-order valence-corrected chi connectivity index (χ1v) is 9.37. The molecule has 2 atom stereocenters. The summed E-state index contributed by atoms with van der Waals surface area (Å²) in [5.74, 6) is -1.81. The average molecular weight is 425 g/mol. The van der Waals surface area contributed by atoms with E-state index in [-0.39, 0.29) is 6.61 Å². The van der Waals surface area contributed by atoms with Gasteiger partial charge >= 0.3 is 12.1 Å². The zero-order valence-corrected chi connectivity index (χ0v) is 16.9. The Bertz CT molecular complexity index is 943. The van der Waals surface area contributed by atoms with Crippen molar-refractivity contribution in [2.45, 2.75) is 33.6 Å². The van der Waals surface area contributed by atoms with Crippen LogP contribution in [0.2, 0.25) is 0 Å². The summed E-state index contributed by atoms with van der Waals surface area (Å²) < 4.78 is 43.5. The molecular weight excluding hydrogens is 405 g/mol. The highest BCUT2D eigenvalue weighted by molar-refractivity contribution is 6.30. The van der Waals surface area contributed by atoms with E-state index >= 15 is 0 Å². The van der Waals surface area contributed by atoms with Crippen LogP contribution in [-0.2, 0) is 16.1 Å². The van der Waals surface area contributed by atoms with Gasteiger partial charge in [-0.3, -0.25) is 14.8 Å². The van der Waals surface area contributed by atoms with Gasteiger partial charge in [0.1, 0.15) is 11.6 Å². The minimum absolute atomic E-state index is 0.0226. The monoisotopic (exact) mass is 424 g/mol. The fourth-order valence-corrected chi connectivity index (χ4v) is 3.62. The lowest BCUT2D eigenvalue weighted by Gasteiger charge is -2.12. The normalized spacial score (nSPS) is 21.0. The van der Waals surface area contributed by atoms with E-state index in [0.29, 0.717) is 5.69 Å². The molecule has 4 nitrogen and oxygen atoms in total. The third-order valence-corrected chi connectivity index (χ3v) is 5.76. The number of ether oxygens (including phenoxy) is 1. The lowest BCUT2D eigenvalue weighted by Crippen LogP contribution is -2.11. The Morgan fingerprint density at radius 1 is 1.31 bits per heavy atom. The topological polar surface area (TPSA) is 52.1 Å². The number of allylic oxidation sites excluding steroid dienone is 2. The van der Waals surface area contributed by atoms with E-state index < -0.39 is 34.4 Å². The highest BCUT2D eigenvalue weighted by Gasteiger charge is 2.62. The Morgan fingerprint density at radius 3 is 2.66 bits per heavy atom. The number of carbonyl (C=O) groups excluding carboxylic acids is 1. The summed E-state index contributed by atoms with van der Waals surface area (Å²) in [4.78, 5) is 20.8. The molecule has 0 radical (unpaired) electrons. The Balaban J connectivity index is 1.70. The molecule has 1 aromatic heterocycles. The minimum Gasteiger partial charge on any atom is -0.461 e. The largest absolute Gasteiger partial charge is 0.461 e. The molecule has 29 heavy (non-hydrogen) atoms. The summed E-state index contributed by atoms with van der Waals surface area (Å²) in [6, 6.07) is 5.56. The molecule has 8 heteroatoms. The van der Waals surface area contributed by atoms with Gasteiger partial charge in [-0.15, -0.1) is 0 Å². The van der Waals surface area contributed by atoms with Crippen LogP contribution >= 0.6 is 11.6 Å². The van der Waals surface area contributed by atoms with E-state index in [1.165, 1.54) is 0 Å². The first-order valence-electron chi connectivity index (χ1n) is 8.99. The number of nitrogens with zero attached hydrogens (tertiary/aromatic N) is 2. The quantitative estimate of drug-likeness (QED) is 0.599. The highest BCUT2D eigenvalue weighted by Crippen LogP contribution is 2.60.